The van der Waals surface area contributed by atoms with E-state index in [9.17, 15) is 14.4 Å². The van der Waals surface area contributed by atoms with Crippen molar-refractivity contribution in [2.45, 2.75) is 31.8 Å². The maximum absolute atomic E-state index is 12.9. The normalized spacial score (nSPS) is 31.8. The van der Waals surface area contributed by atoms with Gasteiger partial charge in [-0.1, -0.05) is 12.2 Å². The molecule has 2 saturated carbocycles. The molecule has 7 heteroatoms. The number of amides is 3. The lowest BCUT2D eigenvalue weighted by Crippen LogP contribution is -2.44. The molecule has 5 rings (SSSR count). The Balaban J connectivity index is 1.32. The molecule has 26 heavy (non-hydrogen) atoms. The molecule has 3 fully saturated rings. The predicted molar refractivity (Wildman–Crippen MR) is 91.2 cm³/mol. The number of carbonyl (C=O) groups excluding carboxylic acids is 3. The van der Waals surface area contributed by atoms with E-state index in [1.807, 2.05) is 17.8 Å². The van der Waals surface area contributed by atoms with Crippen LogP contribution in [0.2, 0.25) is 0 Å². The number of imidazole rings is 1. The number of hydrogen-bond donors (Lipinski definition) is 0. The first-order chi connectivity index (χ1) is 12.5. The first-order valence-electron chi connectivity index (χ1n) is 9.34. The summed E-state index contributed by atoms with van der Waals surface area (Å²) in [6.07, 6.45) is 10.5. The smallest absolute Gasteiger partial charge is 0.243 e. The molecule has 0 spiro atoms. The van der Waals surface area contributed by atoms with E-state index in [0.717, 1.165) is 25.1 Å². The molecule has 1 aliphatic heterocycles. The minimum Gasteiger partial charge on any atom is -0.337 e. The molecule has 136 valence electrons. The van der Waals surface area contributed by atoms with Gasteiger partial charge in [0.25, 0.3) is 0 Å². The van der Waals surface area contributed by atoms with E-state index in [-0.39, 0.29) is 54.0 Å². The van der Waals surface area contributed by atoms with Crippen LogP contribution in [-0.4, -0.2) is 49.7 Å². The van der Waals surface area contributed by atoms with Crippen LogP contribution in [0.25, 0.3) is 0 Å². The fraction of sp³-hybridized carbons (Fsp3) is 0.579. The summed E-state index contributed by atoms with van der Waals surface area (Å²) in [5, 5.41) is 0. The van der Waals surface area contributed by atoms with Crippen molar-refractivity contribution in [3.63, 3.8) is 0 Å². The van der Waals surface area contributed by atoms with E-state index >= 15 is 0 Å². The van der Waals surface area contributed by atoms with Gasteiger partial charge in [-0.25, -0.2) is 4.98 Å². The van der Waals surface area contributed by atoms with Gasteiger partial charge < -0.3 is 9.47 Å². The Bertz CT molecular complexity index is 795. The Hall–Kier alpha value is -2.44. The third-order valence-corrected chi connectivity index (χ3v) is 6.40. The molecule has 2 heterocycles. The van der Waals surface area contributed by atoms with Crippen LogP contribution in [0.1, 0.15) is 25.1 Å². The number of hydrogen-bond acceptors (Lipinski definition) is 4. The number of imide groups is 1. The number of carbonyl (C=O) groups is 3. The summed E-state index contributed by atoms with van der Waals surface area (Å²) in [5.41, 5.74) is 0. The van der Waals surface area contributed by atoms with Crippen LogP contribution in [0, 0.1) is 23.7 Å². The number of fused-ring (bicyclic) bond motifs is 5. The van der Waals surface area contributed by atoms with Crippen LogP contribution >= 0.6 is 0 Å². The van der Waals surface area contributed by atoms with Crippen molar-refractivity contribution in [3.05, 3.63) is 30.4 Å². The molecular formula is C19H22N4O3. The second kappa shape index (κ2) is 5.53. The summed E-state index contributed by atoms with van der Waals surface area (Å²) in [6.45, 7) is 0.286. The van der Waals surface area contributed by atoms with E-state index in [0.29, 0.717) is 6.54 Å². The summed E-state index contributed by atoms with van der Waals surface area (Å²) >= 11 is 0. The lowest BCUT2D eigenvalue weighted by atomic mass is 9.85. The average molecular weight is 354 g/mol. The standard InChI is InChI=1S/C19H22N4O3/c1-21-7-6-20-14(21)9-22(13-4-5-13)15(24)10-23-18(25)16-11-2-3-12(8-11)17(16)19(23)26/h2-3,6-7,11-13,16-17H,4-5,8-10H2,1H3/t11-,12-,16-,17-/m0/s1. The van der Waals surface area contributed by atoms with Gasteiger partial charge in [0.15, 0.2) is 0 Å². The van der Waals surface area contributed by atoms with Gasteiger partial charge in [-0.15, -0.1) is 0 Å². The van der Waals surface area contributed by atoms with Crippen molar-refractivity contribution >= 4 is 17.7 Å². The van der Waals surface area contributed by atoms with Gasteiger partial charge in [0, 0.05) is 25.5 Å². The highest BCUT2D eigenvalue weighted by molar-refractivity contribution is 6.08. The third-order valence-electron chi connectivity index (χ3n) is 6.40. The second-order valence-corrected chi connectivity index (χ2v) is 7.97. The zero-order chi connectivity index (χ0) is 18.0. The van der Waals surface area contributed by atoms with Gasteiger partial charge in [0.1, 0.15) is 12.4 Å². The minimum atomic E-state index is -0.241. The fourth-order valence-electron chi connectivity index (χ4n) is 4.85. The van der Waals surface area contributed by atoms with Gasteiger partial charge in [-0.2, -0.15) is 0 Å². The number of aromatic nitrogens is 2. The molecule has 0 aromatic carbocycles. The molecule has 7 nitrogen and oxygen atoms in total. The summed E-state index contributed by atoms with van der Waals surface area (Å²) in [4.78, 5) is 45.8. The van der Waals surface area contributed by atoms with E-state index < -0.39 is 0 Å². The molecule has 0 unspecified atom stereocenters. The van der Waals surface area contributed by atoms with E-state index in [1.54, 1.807) is 11.1 Å². The highest BCUT2D eigenvalue weighted by atomic mass is 16.2. The van der Waals surface area contributed by atoms with Crippen molar-refractivity contribution in [1.82, 2.24) is 19.4 Å². The zero-order valence-corrected chi connectivity index (χ0v) is 14.7. The number of rotatable bonds is 5. The molecule has 1 aromatic heterocycles. The molecule has 3 amide bonds. The van der Waals surface area contributed by atoms with Crippen LogP contribution in [0.5, 0.6) is 0 Å². The number of likely N-dealkylation sites (tertiary alicyclic amines) is 1. The second-order valence-electron chi connectivity index (χ2n) is 7.97. The van der Waals surface area contributed by atoms with Crippen molar-refractivity contribution in [2.24, 2.45) is 30.7 Å². The Kier molecular flexibility index (Phi) is 3.36. The van der Waals surface area contributed by atoms with E-state index in [4.69, 9.17) is 0 Å². The average Bonchev–Trinajstić information content (AvgIpc) is 2.95. The van der Waals surface area contributed by atoms with Crippen molar-refractivity contribution < 1.29 is 14.4 Å². The molecule has 3 aliphatic carbocycles. The number of nitrogens with zero attached hydrogens (tertiary/aromatic N) is 4. The van der Waals surface area contributed by atoms with Gasteiger partial charge in [0.05, 0.1) is 18.4 Å². The van der Waals surface area contributed by atoms with Crippen molar-refractivity contribution in [3.8, 4) is 0 Å². The molecule has 4 aliphatic rings. The summed E-state index contributed by atoms with van der Waals surface area (Å²) < 4.78 is 1.89. The Morgan fingerprint density at radius 3 is 2.38 bits per heavy atom. The first kappa shape index (κ1) is 15.8. The van der Waals surface area contributed by atoms with Crippen LogP contribution < -0.4 is 0 Å². The third kappa shape index (κ3) is 2.26. The van der Waals surface area contributed by atoms with Crippen molar-refractivity contribution in [1.29, 1.82) is 0 Å². The van der Waals surface area contributed by atoms with Crippen LogP contribution in [-0.2, 0) is 28.0 Å². The quantitative estimate of drug-likeness (QED) is 0.577. The van der Waals surface area contributed by atoms with Crippen LogP contribution in [0.15, 0.2) is 24.5 Å². The maximum atomic E-state index is 12.9. The van der Waals surface area contributed by atoms with Gasteiger partial charge in [-0.05, 0) is 31.1 Å². The SMILES string of the molecule is Cn1ccnc1CN(C(=O)CN1C(=O)[C@@H]2[C@@H](C1=O)[C@H]1C=C[C@H]2C1)C1CC1. The van der Waals surface area contributed by atoms with E-state index in [1.165, 1.54) is 4.90 Å². The highest BCUT2D eigenvalue weighted by Gasteiger charge is 2.59. The minimum absolute atomic E-state index is 0.134. The maximum Gasteiger partial charge on any atom is 0.243 e. The molecule has 1 aromatic rings. The lowest BCUT2D eigenvalue weighted by Gasteiger charge is -2.25. The van der Waals surface area contributed by atoms with Gasteiger partial charge >= 0.3 is 0 Å². The van der Waals surface area contributed by atoms with Crippen molar-refractivity contribution in [2.75, 3.05) is 6.54 Å². The molecule has 4 atom stereocenters. The molecule has 0 radical (unpaired) electrons. The molecule has 2 bridgehead atoms. The van der Waals surface area contributed by atoms with Crippen LogP contribution in [0.4, 0.5) is 0 Å². The van der Waals surface area contributed by atoms with Gasteiger partial charge in [-0.3, -0.25) is 19.3 Å². The summed E-state index contributed by atoms with van der Waals surface area (Å²) in [5.74, 6) is 0.211. The molecular weight excluding hydrogens is 332 g/mol. The molecule has 0 N–H and O–H groups in total. The molecule has 1 saturated heterocycles. The number of aryl methyl sites for hydroxylation is 1. The largest absolute Gasteiger partial charge is 0.337 e. The summed E-state index contributed by atoms with van der Waals surface area (Å²) in [7, 11) is 1.90. The fourth-order valence-corrected chi connectivity index (χ4v) is 4.85. The summed E-state index contributed by atoms with van der Waals surface area (Å²) in [6, 6.07) is 0.198. The topological polar surface area (TPSA) is 75.5 Å². The predicted octanol–water partition coefficient (Wildman–Crippen LogP) is 0.718. The Morgan fingerprint density at radius 2 is 1.85 bits per heavy atom. The monoisotopic (exact) mass is 354 g/mol. The Labute approximate surface area is 151 Å². The van der Waals surface area contributed by atoms with Gasteiger partial charge in [0.2, 0.25) is 17.7 Å². The van der Waals surface area contributed by atoms with Crippen LogP contribution in [0.3, 0.4) is 0 Å². The first-order valence-corrected chi connectivity index (χ1v) is 9.34. The number of allylic oxidation sites excluding steroid dienone is 2. The zero-order valence-electron chi connectivity index (χ0n) is 14.7. The highest BCUT2D eigenvalue weighted by Crippen LogP contribution is 2.52. The van der Waals surface area contributed by atoms with E-state index in [2.05, 4.69) is 17.1 Å². The Morgan fingerprint density at radius 1 is 1.19 bits per heavy atom. The lowest BCUT2D eigenvalue weighted by molar-refractivity contribution is -0.147.